The summed E-state index contributed by atoms with van der Waals surface area (Å²) >= 11 is 0. The molecule has 0 spiro atoms. The van der Waals surface area contributed by atoms with Crippen LogP contribution in [-0.4, -0.2) is 30.1 Å². The van der Waals surface area contributed by atoms with Gasteiger partial charge < -0.3 is 15.2 Å². The molecule has 0 aromatic heterocycles. The van der Waals surface area contributed by atoms with Crippen molar-refractivity contribution in [1.82, 2.24) is 5.32 Å². The van der Waals surface area contributed by atoms with Gasteiger partial charge in [-0.15, -0.1) is 0 Å². The van der Waals surface area contributed by atoms with Gasteiger partial charge in [0, 0.05) is 18.2 Å². The van der Waals surface area contributed by atoms with Crippen LogP contribution in [0, 0.1) is 11.6 Å². The summed E-state index contributed by atoms with van der Waals surface area (Å²) in [6, 6.07) is 2.48. The summed E-state index contributed by atoms with van der Waals surface area (Å²) in [5, 5.41) is 10.3. The van der Waals surface area contributed by atoms with E-state index in [1.807, 2.05) is 5.32 Å². The normalized spacial score (nSPS) is 9.76. The van der Waals surface area contributed by atoms with Gasteiger partial charge >= 0.3 is 5.97 Å². The average Bonchev–Trinajstić information content (AvgIpc) is 2.22. The van der Waals surface area contributed by atoms with Crippen molar-refractivity contribution in [2.24, 2.45) is 0 Å². The van der Waals surface area contributed by atoms with Gasteiger partial charge in [0.15, 0.2) is 6.61 Å². The Morgan fingerprint density at radius 1 is 1.24 bits per heavy atom. The number of nitrogens with one attached hydrogen (secondary N) is 1. The number of carbonyl (C=O) groups excluding carboxylic acids is 1. The number of ether oxygens (including phenoxy) is 1. The Morgan fingerprint density at radius 3 is 2.35 bits per heavy atom. The van der Waals surface area contributed by atoms with Gasteiger partial charge in [-0.05, 0) is 0 Å². The third-order valence-corrected chi connectivity index (χ3v) is 1.64. The standard InChI is InChI=1S/C10H9F2NO4/c11-6-1-7(12)3-8(2-6)17-5-9(14)13-4-10(15)16/h1-3H,4-5H2,(H,13,14)(H,15,16). The highest BCUT2D eigenvalue weighted by Crippen LogP contribution is 2.14. The maximum atomic E-state index is 12.7. The average molecular weight is 245 g/mol. The molecule has 2 N–H and O–H groups in total. The molecule has 0 aliphatic carbocycles. The van der Waals surface area contributed by atoms with E-state index in [4.69, 9.17) is 9.84 Å². The van der Waals surface area contributed by atoms with Crippen LogP contribution in [0.3, 0.4) is 0 Å². The van der Waals surface area contributed by atoms with Crippen LogP contribution in [0.25, 0.3) is 0 Å². The molecule has 1 aromatic rings. The second-order valence-corrected chi connectivity index (χ2v) is 3.06. The molecule has 92 valence electrons. The molecule has 17 heavy (non-hydrogen) atoms. The molecular formula is C10H9F2NO4. The predicted octanol–water partition coefficient (Wildman–Crippen LogP) is 0.544. The highest BCUT2D eigenvalue weighted by Gasteiger charge is 2.06. The van der Waals surface area contributed by atoms with E-state index in [1.54, 1.807) is 0 Å². The van der Waals surface area contributed by atoms with Crippen molar-refractivity contribution < 1.29 is 28.2 Å². The third kappa shape index (κ3) is 4.92. The summed E-state index contributed by atoms with van der Waals surface area (Å²) in [6.45, 7) is -1.06. The summed E-state index contributed by atoms with van der Waals surface area (Å²) < 4.78 is 30.2. The Hall–Kier alpha value is -2.18. The Labute approximate surface area is 95.0 Å². The molecule has 0 unspecified atom stereocenters. The molecule has 0 atom stereocenters. The maximum absolute atomic E-state index is 12.7. The number of hydrogen-bond donors (Lipinski definition) is 2. The molecule has 1 rings (SSSR count). The molecule has 0 fully saturated rings. The highest BCUT2D eigenvalue weighted by atomic mass is 19.1. The van der Waals surface area contributed by atoms with Gasteiger partial charge in [-0.25, -0.2) is 8.78 Å². The van der Waals surface area contributed by atoms with E-state index in [-0.39, 0.29) is 5.75 Å². The first-order chi connectivity index (χ1) is 7.97. The van der Waals surface area contributed by atoms with E-state index in [0.717, 1.165) is 12.1 Å². The predicted molar refractivity (Wildman–Crippen MR) is 52.5 cm³/mol. The van der Waals surface area contributed by atoms with Crippen molar-refractivity contribution in [3.63, 3.8) is 0 Å². The van der Waals surface area contributed by atoms with Crippen LogP contribution in [-0.2, 0) is 9.59 Å². The molecule has 0 heterocycles. The molecule has 0 aliphatic rings. The lowest BCUT2D eigenvalue weighted by Crippen LogP contribution is -2.33. The van der Waals surface area contributed by atoms with Gasteiger partial charge in [0.2, 0.25) is 0 Å². The number of aliphatic carboxylic acids is 1. The number of hydrogen-bond acceptors (Lipinski definition) is 3. The molecule has 0 bridgehead atoms. The minimum absolute atomic E-state index is 0.145. The Kier molecular flexibility index (Phi) is 4.38. The lowest BCUT2D eigenvalue weighted by Gasteiger charge is -2.06. The number of carboxylic acids is 1. The molecule has 0 saturated heterocycles. The van der Waals surface area contributed by atoms with Crippen LogP contribution >= 0.6 is 0 Å². The first-order valence-corrected chi connectivity index (χ1v) is 4.55. The zero-order chi connectivity index (χ0) is 12.8. The minimum Gasteiger partial charge on any atom is -0.484 e. The molecular weight excluding hydrogens is 236 g/mol. The van der Waals surface area contributed by atoms with E-state index in [1.165, 1.54) is 0 Å². The van der Waals surface area contributed by atoms with Crippen LogP contribution in [0.5, 0.6) is 5.75 Å². The SMILES string of the molecule is O=C(O)CNC(=O)COc1cc(F)cc(F)c1. The summed E-state index contributed by atoms with van der Waals surface area (Å²) in [7, 11) is 0. The first-order valence-electron chi connectivity index (χ1n) is 4.55. The van der Waals surface area contributed by atoms with Crippen LogP contribution in [0.2, 0.25) is 0 Å². The van der Waals surface area contributed by atoms with Gasteiger partial charge in [-0.2, -0.15) is 0 Å². The quantitative estimate of drug-likeness (QED) is 0.794. The molecule has 0 aliphatic heterocycles. The third-order valence-electron chi connectivity index (χ3n) is 1.64. The number of amides is 1. The van der Waals surface area contributed by atoms with Crippen molar-refractivity contribution in [3.8, 4) is 5.75 Å². The molecule has 0 radical (unpaired) electrons. The zero-order valence-corrected chi connectivity index (χ0v) is 8.57. The molecule has 7 heteroatoms. The largest absolute Gasteiger partial charge is 0.484 e. The second-order valence-electron chi connectivity index (χ2n) is 3.06. The fourth-order valence-corrected chi connectivity index (χ4v) is 0.986. The molecule has 5 nitrogen and oxygen atoms in total. The number of carbonyl (C=O) groups is 2. The van der Waals surface area contributed by atoms with Gasteiger partial charge in [-0.3, -0.25) is 9.59 Å². The fraction of sp³-hybridized carbons (Fsp3) is 0.200. The van der Waals surface area contributed by atoms with Gasteiger partial charge in [0.1, 0.15) is 23.9 Å². The van der Waals surface area contributed by atoms with Crippen molar-refractivity contribution in [3.05, 3.63) is 29.8 Å². The van der Waals surface area contributed by atoms with Crippen LogP contribution < -0.4 is 10.1 Å². The van der Waals surface area contributed by atoms with E-state index < -0.39 is 36.7 Å². The topological polar surface area (TPSA) is 75.6 Å². The van der Waals surface area contributed by atoms with Crippen molar-refractivity contribution in [2.45, 2.75) is 0 Å². The Balaban J connectivity index is 2.44. The number of rotatable bonds is 5. The lowest BCUT2D eigenvalue weighted by molar-refractivity contribution is -0.138. The van der Waals surface area contributed by atoms with Crippen molar-refractivity contribution in [1.29, 1.82) is 0 Å². The van der Waals surface area contributed by atoms with Crippen LogP contribution in [0.15, 0.2) is 18.2 Å². The Morgan fingerprint density at radius 2 is 1.82 bits per heavy atom. The monoisotopic (exact) mass is 245 g/mol. The van der Waals surface area contributed by atoms with E-state index in [9.17, 15) is 18.4 Å². The Bertz CT molecular complexity index is 416. The summed E-state index contributed by atoms with van der Waals surface area (Å²) in [6.07, 6.45) is 0. The second kappa shape index (κ2) is 5.78. The van der Waals surface area contributed by atoms with E-state index in [0.29, 0.717) is 6.07 Å². The first kappa shape index (κ1) is 12.9. The van der Waals surface area contributed by atoms with Gasteiger partial charge in [0.05, 0.1) is 0 Å². The minimum atomic E-state index is -1.20. The smallest absolute Gasteiger partial charge is 0.322 e. The van der Waals surface area contributed by atoms with E-state index >= 15 is 0 Å². The molecule has 1 amide bonds. The summed E-state index contributed by atoms with van der Waals surface area (Å²) in [5.41, 5.74) is 0. The maximum Gasteiger partial charge on any atom is 0.322 e. The van der Waals surface area contributed by atoms with Crippen molar-refractivity contribution in [2.75, 3.05) is 13.2 Å². The van der Waals surface area contributed by atoms with Crippen molar-refractivity contribution >= 4 is 11.9 Å². The lowest BCUT2D eigenvalue weighted by atomic mass is 10.3. The van der Waals surface area contributed by atoms with E-state index in [2.05, 4.69) is 0 Å². The molecule has 1 aromatic carbocycles. The van der Waals surface area contributed by atoms with Gasteiger partial charge in [-0.1, -0.05) is 0 Å². The summed E-state index contributed by atoms with van der Waals surface area (Å²) in [5.74, 6) is -3.70. The van der Waals surface area contributed by atoms with Crippen LogP contribution in [0.1, 0.15) is 0 Å². The number of halogens is 2. The van der Waals surface area contributed by atoms with Crippen LogP contribution in [0.4, 0.5) is 8.78 Å². The fourth-order valence-electron chi connectivity index (χ4n) is 0.986. The van der Waals surface area contributed by atoms with Gasteiger partial charge in [0.25, 0.3) is 5.91 Å². The molecule has 0 saturated carbocycles. The number of carboxylic acid groups (broad SMARTS) is 1. The summed E-state index contributed by atoms with van der Waals surface area (Å²) in [4.78, 5) is 21.1. The highest BCUT2D eigenvalue weighted by molar-refractivity contribution is 5.82. The number of benzene rings is 1. The zero-order valence-electron chi connectivity index (χ0n) is 8.57.